The number of anilines is 1. The van der Waals surface area contributed by atoms with Crippen LogP contribution in [0.3, 0.4) is 0 Å². The number of hydrogen-bond acceptors (Lipinski definition) is 5. The van der Waals surface area contributed by atoms with Crippen LogP contribution in [0.25, 0.3) is 16.9 Å². The van der Waals surface area contributed by atoms with Crippen molar-refractivity contribution in [2.45, 2.75) is 45.6 Å². The number of nitrogens with one attached hydrogen (secondary N) is 1. The number of amides is 2. The molecule has 1 unspecified atom stereocenters. The fraction of sp³-hybridized carbons (Fsp3) is 0.414. The zero-order valence-corrected chi connectivity index (χ0v) is 21.7. The summed E-state index contributed by atoms with van der Waals surface area (Å²) < 4.78 is 12.9. The molecule has 37 heavy (non-hydrogen) atoms. The van der Waals surface area contributed by atoms with Crippen molar-refractivity contribution in [3.63, 3.8) is 0 Å². The minimum atomic E-state index is -0.274. The molecule has 0 spiro atoms. The first kappa shape index (κ1) is 25.0. The Morgan fingerprint density at radius 3 is 2.54 bits per heavy atom. The van der Waals surface area contributed by atoms with Crippen molar-refractivity contribution in [1.82, 2.24) is 14.5 Å². The predicted octanol–water partition coefficient (Wildman–Crippen LogP) is 4.52. The Bertz CT molecular complexity index is 1270. The van der Waals surface area contributed by atoms with Gasteiger partial charge in [0.05, 0.1) is 18.9 Å². The number of methoxy groups -OCH3 is 1. The molecule has 3 aromatic rings. The van der Waals surface area contributed by atoms with Crippen LogP contribution in [0.15, 0.2) is 48.7 Å². The molecule has 8 heteroatoms. The first-order valence-corrected chi connectivity index (χ1v) is 12.9. The number of imidazole rings is 1. The second-order valence-electron chi connectivity index (χ2n) is 9.99. The number of carbonyl (C=O) groups is 2. The third-order valence-electron chi connectivity index (χ3n) is 7.13. The minimum Gasteiger partial charge on any atom is -0.497 e. The van der Waals surface area contributed by atoms with Crippen LogP contribution >= 0.6 is 0 Å². The van der Waals surface area contributed by atoms with Gasteiger partial charge in [-0.3, -0.25) is 19.5 Å². The van der Waals surface area contributed by atoms with Crippen molar-refractivity contribution in [3.05, 3.63) is 59.8 Å². The average molecular weight is 503 g/mol. The molecule has 1 aliphatic heterocycles. The highest BCUT2D eigenvalue weighted by atomic mass is 16.5. The van der Waals surface area contributed by atoms with E-state index >= 15 is 0 Å². The average Bonchev–Trinajstić information content (AvgIpc) is 3.47. The summed E-state index contributed by atoms with van der Waals surface area (Å²) >= 11 is 0. The van der Waals surface area contributed by atoms with Crippen LogP contribution in [0.5, 0.6) is 5.75 Å². The molecular weight excluding hydrogens is 468 g/mol. The first-order chi connectivity index (χ1) is 17.9. The summed E-state index contributed by atoms with van der Waals surface area (Å²) in [6.07, 6.45) is 5.61. The second kappa shape index (κ2) is 10.8. The molecule has 1 saturated heterocycles. The normalized spacial score (nSPS) is 17.0. The van der Waals surface area contributed by atoms with E-state index in [2.05, 4.69) is 31.3 Å². The molecule has 1 aliphatic carbocycles. The lowest BCUT2D eigenvalue weighted by Crippen LogP contribution is -2.43. The highest BCUT2D eigenvalue weighted by Gasteiger charge is 2.35. The highest BCUT2D eigenvalue weighted by molar-refractivity contribution is 5.94. The van der Waals surface area contributed by atoms with E-state index in [-0.39, 0.29) is 30.4 Å². The predicted molar refractivity (Wildman–Crippen MR) is 142 cm³/mol. The van der Waals surface area contributed by atoms with Gasteiger partial charge in [-0.25, -0.2) is 4.98 Å². The largest absolute Gasteiger partial charge is 0.497 e. The van der Waals surface area contributed by atoms with Gasteiger partial charge in [0.15, 0.2) is 0 Å². The van der Waals surface area contributed by atoms with E-state index in [1.165, 1.54) is 5.56 Å². The van der Waals surface area contributed by atoms with Gasteiger partial charge in [-0.05, 0) is 87.1 Å². The van der Waals surface area contributed by atoms with E-state index in [4.69, 9.17) is 14.5 Å². The summed E-state index contributed by atoms with van der Waals surface area (Å²) in [4.78, 5) is 32.6. The van der Waals surface area contributed by atoms with Crippen LogP contribution in [-0.4, -0.2) is 59.2 Å². The maximum Gasteiger partial charge on any atom is 0.246 e. The van der Waals surface area contributed by atoms with Gasteiger partial charge in [0.1, 0.15) is 12.3 Å². The molecule has 2 amide bonds. The summed E-state index contributed by atoms with van der Waals surface area (Å²) in [5.74, 6) is 0.979. The monoisotopic (exact) mass is 502 g/mol. The number of aryl methyl sites for hydroxylation is 2. The van der Waals surface area contributed by atoms with Crippen LogP contribution in [-0.2, 0) is 14.3 Å². The van der Waals surface area contributed by atoms with E-state index in [0.717, 1.165) is 53.9 Å². The first-order valence-electron chi connectivity index (χ1n) is 12.9. The summed E-state index contributed by atoms with van der Waals surface area (Å²) in [5, 5.41) is 2.98. The van der Waals surface area contributed by atoms with Gasteiger partial charge in [0.2, 0.25) is 17.8 Å². The lowest BCUT2D eigenvalue weighted by atomic mass is 10.1. The second-order valence-corrected chi connectivity index (χ2v) is 9.99. The van der Waals surface area contributed by atoms with Crippen LogP contribution in [0.2, 0.25) is 0 Å². The van der Waals surface area contributed by atoms with Gasteiger partial charge < -0.3 is 14.4 Å². The molecule has 1 saturated carbocycles. The molecule has 1 aromatic heterocycles. The standard InChI is InChI=1S/C29H34N4O4/c1-19-6-11-23(15-20(19)2)33-17-26(21-9-12-24(36-3)13-10-21)30-29(33)31-27(34)18-32(28(35)22-7-8-22)16-25-5-4-14-37-25/h6,9-13,15,17,22,25H,4-5,7-8,14,16,18H2,1-3H3,(H,30,31,34). The SMILES string of the molecule is COc1ccc(-c2cn(-c3ccc(C)c(C)c3)c(NC(=O)CN(CC3CCCO3)C(=O)C3CC3)n2)cc1. The van der Waals surface area contributed by atoms with Gasteiger partial charge in [-0.1, -0.05) is 6.07 Å². The Labute approximate surface area is 217 Å². The molecule has 0 radical (unpaired) electrons. The van der Waals surface area contributed by atoms with Gasteiger partial charge in [-0.15, -0.1) is 0 Å². The Morgan fingerprint density at radius 1 is 1.11 bits per heavy atom. The van der Waals surface area contributed by atoms with Crippen LogP contribution in [0, 0.1) is 19.8 Å². The van der Waals surface area contributed by atoms with E-state index in [1.54, 1.807) is 12.0 Å². The number of carbonyl (C=O) groups excluding carboxylic acids is 2. The zero-order valence-electron chi connectivity index (χ0n) is 21.7. The summed E-state index contributed by atoms with van der Waals surface area (Å²) in [7, 11) is 1.63. The van der Waals surface area contributed by atoms with Gasteiger partial charge in [0, 0.05) is 36.5 Å². The van der Waals surface area contributed by atoms with E-state index in [1.807, 2.05) is 41.1 Å². The summed E-state index contributed by atoms with van der Waals surface area (Å²) in [6.45, 7) is 5.27. The molecule has 2 aliphatic rings. The number of hydrogen-bond donors (Lipinski definition) is 1. The van der Waals surface area contributed by atoms with E-state index in [9.17, 15) is 9.59 Å². The van der Waals surface area contributed by atoms with Crippen molar-refractivity contribution < 1.29 is 19.1 Å². The molecule has 2 fully saturated rings. The Kier molecular flexibility index (Phi) is 7.28. The molecule has 2 heterocycles. The Morgan fingerprint density at radius 2 is 1.89 bits per heavy atom. The number of benzene rings is 2. The zero-order chi connectivity index (χ0) is 25.9. The number of rotatable bonds is 9. The van der Waals surface area contributed by atoms with Crippen LogP contribution in [0.1, 0.15) is 36.8 Å². The molecular formula is C29H34N4O4. The maximum atomic E-state index is 13.3. The smallest absolute Gasteiger partial charge is 0.246 e. The van der Waals surface area contributed by atoms with Crippen molar-refractivity contribution in [2.75, 3.05) is 32.1 Å². The Balaban J connectivity index is 1.41. The van der Waals surface area contributed by atoms with Crippen molar-refractivity contribution >= 4 is 17.8 Å². The summed E-state index contributed by atoms with van der Waals surface area (Å²) in [6, 6.07) is 13.8. The third-order valence-corrected chi connectivity index (χ3v) is 7.13. The van der Waals surface area contributed by atoms with Crippen molar-refractivity contribution in [2.24, 2.45) is 5.92 Å². The van der Waals surface area contributed by atoms with E-state index in [0.29, 0.717) is 19.1 Å². The number of nitrogens with zero attached hydrogens (tertiary/aromatic N) is 3. The minimum absolute atomic E-state index is 0.00491. The van der Waals surface area contributed by atoms with Crippen molar-refractivity contribution in [1.29, 1.82) is 0 Å². The van der Waals surface area contributed by atoms with Gasteiger partial charge in [0.25, 0.3) is 0 Å². The molecule has 1 atom stereocenters. The highest BCUT2D eigenvalue weighted by Crippen LogP contribution is 2.32. The number of ether oxygens (including phenoxy) is 2. The maximum absolute atomic E-state index is 13.3. The fourth-order valence-electron chi connectivity index (χ4n) is 4.63. The van der Waals surface area contributed by atoms with Gasteiger partial charge >= 0.3 is 0 Å². The lowest BCUT2D eigenvalue weighted by molar-refractivity contribution is -0.137. The van der Waals surface area contributed by atoms with Crippen LogP contribution < -0.4 is 10.1 Å². The topological polar surface area (TPSA) is 85.7 Å². The molecule has 0 bridgehead atoms. The molecule has 194 valence electrons. The molecule has 8 nitrogen and oxygen atoms in total. The molecule has 1 N–H and O–H groups in total. The number of aromatic nitrogens is 2. The van der Waals surface area contributed by atoms with Crippen molar-refractivity contribution in [3.8, 4) is 22.7 Å². The van der Waals surface area contributed by atoms with Gasteiger partial charge in [-0.2, -0.15) is 0 Å². The fourth-order valence-corrected chi connectivity index (χ4v) is 4.63. The Hall–Kier alpha value is -3.65. The molecule has 2 aromatic carbocycles. The summed E-state index contributed by atoms with van der Waals surface area (Å²) in [5.41, 5.74) is 4.86. The third kappa shape index (κ3) is 5.85. The molecule has 5 rings (SSSR count). The van der Waals surface area contributed by atoms with E-state index < -0.39 is 0 Å². The lowest BCUT2D eigenvalue weighted by Gasteiger charge is -2.25. The van der Waals surface area contributed by atoms with Crippen LogP contribution in [0.4, 0.5) is 5.95 Å². The quantitative estimate of drug-likeness (QED) is 0.465.